The fraction of sp³-hybridized carbons (Fsp3) is 0.222. The first-order valence-corrected chi connectivity index (χ1v) is 3.82. The van der Waals surface area contributed by atoms with Crippen molar-refractivity contribution in [2.75, 3.05) is 6.61 Å². The van der Waals surface area contributed by atoms with E-state index in [1.54, 1.807) is 19.1 Å². The zero-order chi connectivity index (χ0) is 9.68. The van der Waals surface area contributed by atoms with Crippen molar-refractivity contribution in [3.63, 3.8) is 0 Å². The molecule has 0 aromatic carbocycles. The van der Waals surface area contributed by atoms with Crippen LogP contribution in [0, 0.1) is 0 Å². The van der Waals surface area contributed by atoms with Crippen molar-refractivity contribution in [2.24, 2.45) is 0 Å². The van der Waals surface area contributed by atoms with E-state index in [1.807, 2.05) is 0 Å². The fourth-order valence-corrected chi connectivity index (χ4v) is 0.757. The van der Waals surface area contributed by atoms with Gasteiger partial charge >= 0.3 is 5.97 Å². The summed E-state index contributed by atoms with van der Waals surface area (Å²) in [6, 6.07) is 3.14. The van der Waals surface area contributed by atoms with Crippen LogP contribution in [-0.2, 0) is 9.53 Å². The molecule has 0 saturated carbocycles. The van der Waals surface area contributed by atoms with Gasteiger partial charge in [-0.15, -0.1) is 0 Å². The molecule has 0 fully saturated rings. The van der Waals surface area contributed by atoms with E-state index in [2.05, 4.69) is 4.74 Å². The third-order valence-electron chi connectivity index (χ3n) is 1.28. The first-order chi connectivity index (χ1) is 6.24. The highest BCUT2D eigenvalue weighted by Gasteiger charge is 2.09. The van der Waals surface area contributed by atoms with E-state index in [0.29, 0.717) is 0 Å². The molecule has 13 heavy (non-hydrogen) atoms. The Morgan fingerprint density at radius 3 is 3.08 bits per heavy atom. The first-order valence-electron chi connectivity index (χ1n) is 3.82. The molecule has 70 valence electrons. The molecule has 0 radical (unpaired) electrons. The normalized spacial score (nSPS) is 11.4. The fourth-order valence-electron chi connectivity index (χ4n) is 0.757. The lowest BCUT2D eigenvalue weighted by atomic mass is 10.4. The molecule has 3 nitrogen and oxygen atoms in total. The summed E-state index contributed by atoms with van der Waals surface area (Å²) in [5.74, 6) is -1.65. The minimum absolute atomic E-state index is 0.151. The molecule has 1 aromatic heterocycles. The van der Waals surface area contributed by atoms with Gasteiger partial charge in [0.05, 0.1) is 12.9 Å². The third kappa shape index (κ3) is 2.74. The van der Waals surface area contributed by atoms with Crippen molar-refractivity contribution in [2.45, 2.75) is 6.92 Å². The predicted octanol–water partition coefficient (Wildman–Crippen LogP) is 2.15. The summed E-state index contributed by atoms with van der Waals surface area (Å²) in [4.78, 5) is 10.8. The summed E-state index contributed by atoms with van der Waals surface area (Å²) in [5, 5.41) is 0. The molecule has 0 atom stereocenters. The monoisotopic (exact) mass is 184 g/mol. The number of esters is 1. The number of carbonyl (C=O) groups excluding carboxylic acids is 1. The van der Waals surface area contributed by atoms with Gasteiger partial charge in [-0.05, 0) is 19.1 Å². The highest BCUT2D eigenvalue weighted by molar-refractivity contribution is 5.90. The van der Waals surface area contributed by atoms with E-state index in [-0.39, 0.29) is 12.4 Å². The molecule has 1 heterocycles. The van der Waals surface area contributed by atoms with Crippen molar-refractivity contribution in [3.8, 4) is 0 Å². The largest absolute Gasteiger partial charge is 0.465 e. The maximum Gasteiger partial charge on any atom is 0.367 e. The Morgan fingerprint density at radius 1 is 1.77 bits per heavy atom. The molecule has 1 rings (SSSR count). The van der Waals surface area contributed by atoms with Crippen molar-refractivity contribution in [3.05, 3.63) is 30.0 Å². The Kier molecular flexibility index (Phi) is 3.25. The number of ether oxygens (including phenoxy) is 1. The van der Waals surface area contributed by atoms with E-state index >= 15 is 0 Å². The zero-order valence-corrected chi connectivity index (χ0v) is 7.12. The molecule has 0 spiro atoms. The zero-order valence-electron chi connectivity index (χ0n) is 7.12. The van der Waals surface area contributed by atoms with Crippen molar-refractivity contribution in [1.82, 2.24) is 0 Å². The Labute approximate surface area is 74.8 Å². The van der Waals surface area contributed by atoms with Crippen LogP contribution in [0.4, 0.5) is 4.39 Å². The second-order valence-electron chi connectivity index (χ2n) is 2.23. The SMILES string of the molecule is CCOC(=O)/C(F)=C\c1ccco1. The van der Waals surface area contributed by atoms with Gasteiger partial charge in [-0.3, -0.25) is 0 Å². The summed E-state index contributed by atoms with van der Waals surface area (Å²) in [7, 11) is 0. The Bertz CT molecular complexity index is 301. The van der Waals surface area contributed by atoms with Crippen LogP contribution in [0.15, 0.2) is 28.6 Å². The van der Waals surface area contributed by atoms with Gasteiger partial charge in [-0.25, -0.2) is 4.79 Å². The average molecular weight is 184 g/mol. The van der Waals surface area contributed by atoms with Crippen LogP contribution in [0.3, 0.4) is 0 Å². The van der Waals surface area contributed by atoms with Crippen LogP contribution in [0.25, 0.3) is 6.08 Å². The third-order valence-corrected chi connectivity index (χ3v) is 1.28. The summed E-state index contributed by atoms with van der Waals surface area (Å²) in [6.45, 7) is 1.76. The number of furan rings is 1. The van der Waals surface area contributed by atoms with E-state index in [1.165, 1.54) is 6.26 Å². The summed E-state index contributed by atoms with van der Waals surface area (Å²) in [6.07, 6.45) is 2.38. The molecule has 0 aliphatic carbocycles. The summed E-state index contributed by atoms with van der Waals surface area (Å²) < 4.78 is 22.1. The van der Waals surface area contributed by atoms with Gasteiger partial charge in [0.2, 0.25) is 5.83 Å². The molecular formula is C9H9FO3. The predicted molar refractivity (Wildman–Crippen MR) is 44.4 cm³/mol. The van der Waals surface area contributed by atoms with Crippen molar-refractivity contribution < 1.29 is 18.3 Å². The van der Waals surface area contributed by atoms with Crippen LogP contribution in [0.2, 0.25) is 0 Å². The second-order valence-corrected chi connectivity index (χ2v) is 2.23. The van der Waals surface area contributed by atoms with Gasteiger partial charge in [0.25, 0.3) is 0 Å². The van der Waals surface area contributed by atoms with Crippen molar-refractivity contribution in [1.29, 1.82) is 0 Å². The minimum atomic E-state index is -0.973. The maximum absolute atomic E-state index is 12.9. The van der Waals surface area contributed by atoms with Gasteiger partial charge in [0, 0.05) is 6.08 Å². The minimum Gasteiger partial charge on any atom is -0.465 e. The topological polar surface area (TPSA) is 39.4 Å². The number of rotatable bonds is 3. The van der Waals surface area contributed by atoms with Gasteiger partial charge < -0.3 is 9.15 Å². The number of halogens is 1. The van der Waals surface area contributed by atoms with Gasteiger partial charge in [-0.1, -0.05) is 0 Å². The number of hydrogen-bond donors (Lipinski definition) is 0. The average Bonchev–Trinajstić information content (AvgIpc) is 2.57. The first kappa shape index (κ1) is 9.51. The lowest BCUT2D eigenvalue weighted by Crippen LogP contribution is -2.03. The van der Waals surface area contributed by atoms with E-state index in [4.69, 9.17) is 4.42 Å². The molecule has 0 bridgehead atoms. The smallest absolute Gasteiger partial charge is 0.367 e. The van der Waals surface area contributed by atoms with E-state index in [9.17, 15) is 9.18 Å². The standard InChI is InChI=1S/C9H9FO3/c1-2-12-9(11)8(10)6-7-4-3-5-13-7/h3-6H,2H2,1H3/b8-6+. The molecule has 0 saturated heterocycles. The lowest BCUT2D eigenvalue weighted by molar-refractivity contribution is -0.140. The number of hydrogen-bond acceptors (Lipinski definition) is 3. The van der Waals surface area contributed by atoms with E-state index in [0.717, 1.165) is 6.08 Å². The van der Waals surface area contributed by atoms with Crippen molar-refractivity contribution >= 4 is 12.0 Å². The molecule has 0 N–H and O–H groups in total. The molecule has 0 aliphatic heterocycles. The van der Waals surface area contributed by atoms with Crippen LogP contribution in [-0.4, -0.2) is 12.6 Å². The Balaban J connectivity index is 2.66. The van der Waals surface area contributed by atoms with Gasteiger partial charge in [-0.2, -0.15) is 4.39 Å². The van der Waals surface area contributed by atoms with E-state index < -0.39 is 11.8 Å². The molecule has 0 amide bonds. The van der Waals surface area contributed by atoms with Crippen LogP contribution >= 0.6 is 0 Å². The lowest BCUT2D eigenvalue weighted by Gasteiger charge is -1.96. The molecule has 1 aromatic rings. The summed E-state index contributed by atoms with van der Waals surface area (Å²) >= 11 is 0. The van der Waals surface area contributed by atoms with Gasteiger partial charge in [0.1, 0.15) is 5.76 Å². The quantitative estimate of drug-likeness (QED) is 0.533. The van der Waals surface area contributed by atoms with Crippen LogP contribution in [0.1, 0.15) is 12.7 Å². The molecule has 0 unspecified atom stereocenters. The highest BCUT2D eigenvalue weighted by atomic mass is 19.1. The number of carbonyl (C=O) groups is 1. The van der Waals surface area contributed by atoms with Crippen LogP contribution < -0.4 is 0 Å². The molecular weight excluding hydrogens is 175 g/mol. The second kappa shape index (κ2) is 4.45. The van der Waals surface area contributed by atoms with Crippen LogP contribution in [0.5, 0.6) is 0 Å². The maximum atomic E-state index is 12.9. The Hall–Kier alpha value is -1.58. The van der Waals surface area contributed by atoms with Gasteiger partial charge in [0.15, 0.2) is 0 Å². The molecule has 4 heteroatoms. The summed E-state index contributed by atoms with van der Waals surface area (Å²) in [5.41, 5.74) is 0. The highest BCUT2D eigenvalue weighted by Crippen LogP contribution is 2.09. The molecule has 0 aliphatic rings. The Morgan fingerprint density at radius 2 is 2.54 bits per heavy atom.